The van der Waals surface area contributed by atoms with E-state index in [-0.39, 0.29) is 6.42 Å². The number of aryl methyl sites for hydroxylation is 1. The Bertz CT molecular complexity index is 736. The van der Waals surface area contributed by atoms with Crippen molar-refractivity contribution in [3.05, 3.63) is 52.0 Å². The molecule has 24 heavy (non-hydrogen) atoms. The average molecular weight is 346 g/mol. The Morgan fingerprint density at radius 2 is 1.62 bits per heavy atom. The average Bonchev–Trinajstić information content (AvgIpc) is 2.61. The van der Waals surface area contributed by atoms with Gasteiger partial charge in [-0.05, 0) is 42.2 Å². The van der Waals surface area contributed by atoms with Crippen LogP contribution in [0.25, 0.3) is 0 Å². The normalized spacial score (nSPS) is 10.1. The van der Waals surface area contributed by atoms with Crippen LogP contribution in [0.15, 0.2) is 30.3 Å². The molecule has 2 rings (SSSR count). The summed E-state index contributed by atoms with van der Waals surface area (Å²) < 4.78 is 16.1. The number of hydrogen-bond donors (Lipinski definition) is 0. The molecule has 0 saturated carbocycles. The minimum absolute atomic E-state index is 0.276. The van der Waals surface area contributed by atoms with E-state index in [0.717, 1.165) is 29.7 Å². The van der Waals surface area contributed by atoms with Crippen LogP contribution < -0.4 is 14.2 Å². The van der Waals surface area contributed by atoms with Gasteiger partial charge in [0.15, 0.2) is 11.5 Å². The Labute approximate surface area is 147 Å². The van der Waals surface area contributed by atoms with Crippen LogP contribution in [0.4, 0.5) is 0 Å². The van der Waals surface area contributed by atoms with Crippen molar-refractivity contribution in [3.8, 4) is 23.3 Å². The molecule has 2 aromatic carbocycles. The van der Waals surface area contributed by atoms with E-state index in [2.05, 4.69) is 6.07 Å². The number of nitrogens with zero attached hydrogens (tertiary/aromatic N) is 1. The maximum absolute atomic E-state index is 9.09. The third-order valence-electron chi connectivity index (χ3n) is 3.89. The van der Waals surface area contributed by atoms with Crippen LogP contribution in [0.2, 0.25) is 5.02 Å². The van der Waals surface area contributed by atoms with E-state index in [0.29, 0.717) is 16.5 Å². The smallest absolute Gasteiger partial charge is 0.179 e. The van der Waals surface area contributed by atoms with E-state index in [1.54, 1.807) is 27.4 Å². The first-order valence-corrected chi connectivity index (χ1v) is 7.94. The number of hydrogen-bond acceptors (Lipinski definition) is 4. The molecule has 0 fully saturated rings. The van der Waals surface area contributed by atoms with Crippen molar-refractivity contribution in [1.82, 2.24) is 0 Å². The first-order valence-electron chi connectivity index (χ1n) is 7.56. The van der Waals surface area contributed by atoms with Crippen molar-refractivity contribution in [2.45, 2.75) is 19.3 Å². The molecule has 0 spiro atoms. The van der Waals surface area contributed by atoms with Crippen molar-refractivity contribution >= 4 is 11.6 Å². The molecule has 0 unspecified atom stereocenters. The van der Waals surface area contributed by atoms with E-state index in [1.165, 1.54) is 5.56 Å². The van der Waals surface area contributed by atoms with Crippen LogP contribution in [0.1, 0.15) is 16.7 Å². The summed E-state index contributed by atoms with van der Waals surface area (Å²) in [4.78, 5) is 0. The topological polar surface area (TPSA) is 51.5 Å². The molecule has 4 nitrogen and oxygen atoms in total. The highest BCUT2D eigenvalue weighted by Crippen LogP contribution is 2.40. The predicted molar refractivity (Wildman–Crippen MR) is 94.3 cm³/mol. The number of nitriles is 1. The van der Waals surface area contributed by atoms with Gasteiger partial charge in [-0.15, -0.1) is 0 Å². The van der Waals surface area contributed by atoms with Crippen LogP contribution in [-0.4, -0.2) is 21.3 Å². The van der Waals surface area contributed by atoms with E-state index in [1.807, 2.05) is 24.3 Å². The number of halogens is 1. The Morgan fingerprint density at radius 1 is 0.958 bits per heavy atom. The van der Waals surface area contributed by atoms with Crippen LogP contribution in [0.5, 0.6) is 17.2 Å². The van der Waals surface area contributed by atoms with Gasteiger partial charge in [0.1, 0.15) is 5.75 Å². The zero-order valence-corrected chi connectivity index (χ0v) is 14.8. The second kappa shape index (κ2) is 8.47. The maximum atomic E-state index is 9.09. The van der Waals surface area contributed by atoms with Gasteiger partial charge in [0.25, 0.3) is 0 Å². The molecule has 0 aliphatic rings. The molecule has 0 atom stereocenters. The highest BCUT2D eigenvalue weighted by Gasteiger charge is 2.18. The Hall–Kier alpha value is -2.38. The highest BCUT2D eigenvalue weighted by molar-refractivity contribution is 6.32. The monoisotopic (exact) mass is 345 g/mol. The lowest BCUT2D eigenvalue weighted by Crippen LogP contribution is -2.03. The lowest BCUT2D eigenvalue weighted by molar-refractivity contribution is 0.351. The Morgan fingerprint density at radius 3 is 2.17 bits per heavy atom. The number of methoxy groups -OCH3 is 3. The molecule has 126 valence electrons. The van der Waals surface area contributed by atoms with Gasteiger partial charge in [0, 0.05) is 5.56 Å². The van der Waals surface area contributed by atoms with Gasteiger partial charge in [-0.1, -0.05) is 23.7 Å². The number of benzene rings is 2. The molecular weight excluding hydrogens is 326 g/mol. The molecule has 0 radical (unpaired) electrons. The molecule has 0 heterocycles. The standard InChI is InChI=1S/C19H20ClNO3/c1-22-15-7-4-13(5-8-15)6-9-16-14(10-11-21)12-17(20)19(24-3)18(16)23-2/h4-5,7-8,12H,6,9-10H2,1-3H3. The first-order chi connectivity index (χ1) is 11.6. The van der Waals surface area contributed by atoms with E-state index in [9.17, 15) is 0 Å². The SMILES string of the molecule is COc1ccc(CCc2c(CC#N)cc(Cl)c(OC)c2OC)cc1. The molecule has 0 N–H and O–H groups in total. The van der Waals surface area contributed by atoms with Gasteiger partial charge in [-0.3, -0.25) is 0 Å². The minimum Gasteiger partial charge on any atom is -0.497 e. The summed E-state index contributed by atoms with van der Waals surface area (Å²) in [5.41, 5.74) is 3.00. The molecule has 0 amide bonds. The van der Waals surface area contributed by atoms with Crippen LogP contribution in [0.3, 0.4) is 0 Å². The highest BCUT2D eigenvalue weighted by atomic mass is 35.5. The summed E-state index contributed by atoms with van der Waals surface area (Å²) in [5, 5.41) is 9.54. The lowest BCUT2D eigenvalue weighted by atomic mass is 9.96. The second-order valence-electron chi connectivity index (χ2n) is 5.25. The second-order valence-corrected chi connectivity index (χ2v) is 5.65. The Balaban J connectivity index is 2.34. The summed E-state index contributed by atoms with van der Waals surface area (Å²) in [7, 11) is 4.79. The van der Waals surface area contributed by atoms with Crippen molar-refractivity contribution in [3.63, 3.8) is 0 Å². The molecule has 0 saturated heterocycles. The lowest BCUT2D eigenvalue weighted by Gasteiger charge is -2.17. The summed E-state index contributed by atoms with van der Waals surface area (Å²) in [6.45, 7) is 0. The van der Waals surface area contributed by atoms with Crippen molar-refractivity contribution in [2.24, 2.45) is 0 Å². The molecule has 0 bridgehead atoms. The summed E-state index contributed by atoms with van der Waals surface area (Å²) >= 11 is 6.24. The fraction of sp³-hybridized carbons (Fsp3) is 0.316. The largest absolute Gasteiger partial charge is 0.497 e. The molecule has 0 aliphatic heterocycles. The number of ether oxygens (including phenoxy) is 3. The zero-order valence-electron chi connectivity index (χ0n) is 14.1. The van der Waals surface area contributed by atoms with Gasteiger partial charge in [0.05, 0.1) is 38.8 Å². The van der Waals surface area contributed by atoms with E-state index in [4.69, 9.17) is 31.1 Å². The summed E-state index contributed by atoms with van der Waals surface area (Å²) in [5.74, 6) is 1.93. The molecule has 5 heteroatoms. The van der Waals surface area contributed by atoms with E-state index < -0.39 is 0 Å². The predicted octanol–water partition coefficient (Wildman–Crippen LogP) is 4.22. The van der Waals surface area contributed by atoms with Gasteiger partial charge in [0.2, 0.25) is 0 Å². The molecule has 0 aliphatic carbocycles. The van der Waals surface area contributed by atoms with Crippen molar-refractivity contribution < 1.29 is 14.2 Å². The third-order valence-corrected chi connectivity index (χ3v) is 4.17. The fourth-order valence-electron chi connectivity index (χ4n) is 2.68. The molecule has 0 aromatic heterocycles. The van der Waals surface area contributed by atoms with Crippen LogP contribution in [0, 0.1) is 11.3 Å². The van der Waals surface area contributed by atoms with Crippen molar-refractivity contribution in [2.75, 3.05) is 21.3 Å². The third kappa shape index (κ3) is 3.93. The van der Waals surface area contributed by atoms with E-state index >= 15 is 0 Å². The van der Waals surface area contributed by atoms with Crippen LogP contribution >= 0.6 is 11.6 Å². The Kier molecular flexibility index (Phi) is 6.34. The quantitative estimate of drug-likeness (QED) is 0.754. The molecular formula is C19H20ClNO3. The fourth-order valence-corrected chi connectivity index (χ4v) is 2.98. The number of rotatable bonds is 7. The minimum atomic E-state index is 0.276. The summed E-state index contributed by atoms with van der Waals surface area (Å²) in [6, 6.07) is 11.9. The first kappa shape index (κ1) is 18.0. The molecule has 2 aromatic rings. The van der Waals surface area contributed by atoms with Gasteiger partial charge in [-0.2, -0.15) is 5.26 Å². The van der Waals surface area contributed by atoms with Gasteiger partial charge < -0.3 is 14.2 Å². The van der Waals surface area contributed by atoms with Crippen molar-refractivity contribution in [1.29, 1.82) is 5.26 Å². The van der Waals surface area contributed by atoms with Crippen LogP contribution in [-0.2, 0) is 19.3 Å². The van der Waals surface area contributed by atoms with Gasteiger partial charge >= 0.3 is 0 Å². The maximum Gasteiger partial charge on any atom is 0.179 e. The summed E-state index contributed by atoms with van der Waals surface area (Å²) in [6.07, 6.45) is 1.81. The zero-order chi connectivity index (χ0) is 17.5. The van der Waals surface area contributed by atoms with Gasteiger partial charge in [-0.25, -0.2) is 0 Å².